The number of rotatable bonds is 7. The maximum Gasteiger partial charge on any atom is 0.234 e. The van der Waals surface area contributed by atoms with Crippen molar-refractivity contribution >= 4 is 35.0 Å². The number of anilines is 1. The monoisotopic (exact) mass is 364 g/mol. The maximum absolute atomic E-state index is 12.2. The third-order valence-electron chi connectivity index (χ3n) is 3.38. The van der Waals surface area contributed by atoms with E-state index < -0.39 is 0 Å². The SMILES string of the molecule is C=CCn1c(SCC(=O)Nc2cc(Cl)ccc2C)nnc1C(C)C. The van der Waals surface area contributed by atoms with Crippen LogP contribution in [0, 0.1) is 6.92 Å². The Hall–Kier alpha value is -1.79. The van der Waals surface area contributed by atoms with Gasteiger partial charge in [-0.2, -0.15) is 0 Å². The van der Waals surface area contributed by atoms with Crippen molar-refractivity contribution in [2.24, 2.45) is 0 Å². The number of halogens is 1. The van der Waals surface area contributed by atoms with Gasteiger partial charge in [0.15, 0.2) is 5.16 Å². The molecule has 1 heterocycles. The first-order valence-corrected chi connectivity index (χ1v) is 9.01. The highest BCUT2D eigenvalue weighted by Gasteiger charge is 2.16. The largest absolute Gasteiger partial charge is 0.325 e. The molecule has 2 aromatic rings. The normalized spacial score (nSPS) is 10.9. The molecule has 1 aromatic heterocycles. The molecule has 5 nitrogen and oxygen atoms in total. The maximum atomic E-state index is 12.2. The molecule has 128 valence electrons. The van der Waals surface area contributed by atoms with E-state index in [9.17, 15) is 4.79 Å². The van der Waals surface area contributed by atoms with Gasteiger partial charge in [-0.3, -0.25) is 4.79 Å². The molecule has 1 aromatic carbocycles. The fraction of sp³-hybridized carbons (Fsp3) is 0.353. The minimum atomic E-state index is -0.107. The summed E-state index contributed by atoms with van der Waals surface area (Å²) in [5.41, 5.74) is 1.69. The van der Waals surface area contributed by atoms with Crippen LogP contribution >= 0.6 is 23.4 Å². The van der Waals surface area contributed by atoms with Crippen molar-refractivity contribution in [1.82, 2.24) is 14.8 Å². The van der Waals surface area contributed by atoms with Gasteiger partial charge in [-0.05, 0) is 24.6 Å². The van der Waals surface area contributed by atoms with E-state index in [0.717, 1.165) is 22.2 Å². The quantitative estimate of drug-likeness (QED) is 0.588. The summed E-state index contributed by atoms with van der Waals surface area (Å²) in [4.78, 5) is 12.2. The van der Waals surface area contributed by atoms with Crippen LogP contribution in [0.5, 0.6) is 0 Å². The molecule has 1 amide bonds. The van der Waals surface area contributed by atoms with Gasteiger partial charge in [0.1, 0.15) is 5.82 Å². The van der Waals surface area contributed by atoms with Gasteiger partial charge in [0.05, 0.1) is 5.75 Å². The Labute approximate surface area is 151 Å². The molecule has 2 rings (SSSR count). The van der Waals surface area contributed by atoms with Gasteiger partial charge in [0, 0.05) is 23.2 Å². The fourth-order valence-corrected chi connectivity index (χ4v) is 3.11. The Morgan fingerprint density at radius 2 is 2.21 bits per heavy atom. The Bertz CT molecular complexity index is 742. The summed E-state index contributed by atoms with van der Waals surface area (Å²) < 4.78 is 1.99. The van der Waals surface area contributed by atoms with Gasteiger partial charge in [-0.25, -0.2) is 0 Å². The number of hydrogen-bond acceptors (Lipinski definition) is 4. The van der Waals surface area contributed by atoms with Gasteiger partial charge in [-0.15, -0.1) is 16.8 Å². The van der Waals surface area contributed by atoms with Crippen molar-refractivity contribution in [1.29, 1.82) is 0 Å². The Morgan fingerprint density at radius 3 is 2.88 bits per heavy atom. The number of aryl methyl sites for hydroxylation is 1. The molecule has 24 heavy (non-hydrogen) atoms. The molecule has 0 radical (unpaired) electrons. The third kappa shape index (κ3) is 4.61. The molecule has 0 aliphatic heterocycles. The number of carbonyl (C=O) groups is 1. The summed E-state index contributed by atoms with van der Waals surface area (Å²) >= 11 is 7.33. The second-order valence-corrected chi connectivity index (χ2v) is 7.07. The fourth-order valence-electron chi connectivity index (χ4n) is 2.18. The lowest BCUT2D eigenvalue weighted by Crippen LogP contribution is -2.15. The van der Waals surface area contributed by atoms with E-state index in [1.54, 1.807) is 18.2 Å². The van der Waals surface area contributed by atoms with Crippen LogP contribution in [0.2, 0.25) is 5.02 Å². The highest BCUT2D eigenvalue weighted by atomic mass is 35.5. The topological polar surface area (TPSA) is 59.8 Å². The van der Waals surface area contributed by atoms with Gasteiger partial charge in [0.2, 0.25) is 5.91 Å². The molecule has 0 aliphatic carbocycles. The number of aromatic nitrogens is 3. The highest BCUT2D eigenvalue weighted by Crippen LogP contribution is 2.23. The number of hydrogen-bond donors (Lipinski definition) is 1. The van der Waals surface area contributed by atoms with E-state index >= 15 is 0 Å². The van der Waals surface area contributed by atoms with Crippen LogP contribution in [0.3, 0.4) is 0 Å². The first kappa shape index (κ1) is 18.5. The van der Waals surface area contributed by atoms with Gasteiger partial charge < -0.3 is 9.88 Å². The molecule has 0 unspecified atom stereocenters. The summed E-state index contributed by atoms with van der Waals surface area (Å²) in [5.74, 6) is 1.29. The van der Waals surface area contributed by atoms with Crippen molar-refractivity contribution in [3.63, 3.8) is 0 Å². The molecule has 0 aliphatic rings. The van der Waals surface area contributed by atoms with E-state index in [0.29, 0.717) is 11.6 Å². The van der Waals surface area contributed by atoms with E-state index in [2.05, 4.69) is 35.9 Å². The Balaban J connectivity index is 2.04. The van der Waals surface area contributed by atoms with Crippen molar-refractivity contribution < 1.29 is 4.79 Å². The van der Waals surface area contributed by atoms with E-state index in [1.165, 1.54) is 11.8 Å². The van der Waals surface area contributed by atoms with Crippen LogP contribution in [0.1, 0.15) is 31.2 Å². The summed E-state index contributed by atoms with van der Waals surface area (Å²) in [6.45, 7) is 10.4. The molecule has 0 bridgehead atoms. The second kappa shape index (κ2) is 8.35. The average Bonchev–Trinajstić information content (AvgIpc) is 2.92. The van der Waals surface area contributed by atoms with Crippen LogP contribution in [0.25, 0.3) is 0 Å². The smallest absolute Gasteiger partial charge is 0.234 e. The standard InChI is InChI=1S/C17H21ClN4OS/c1-5-8-22-16(11(2)3)20-21-17(22)24-10-15(23)19-14-9-13(18)7-6-12(14)4/h5-7,9,11H,1,8,10H2,2-4H3,(H,19,23). The molecule has 0 fully saturated rings. The lowest BCUT2D eigenvalue weighted by molar-refractivity contribution is -0.113. The van der Waals surface area contributed by atoms with Crippen molar-refractivity contribution in [3.8, 4) is 0 Å². The van der Waals surface area contributed by atoms with Crippen molar-refractivity contribution in [3.05, 3.63) is 47.3 Å². The zero-order valence-corrected chi connectivity index (χ0v) is 15.6. The summed E-state index contributed by atoms with van der Waals surface area (Å²) in [6.07, 6.45) is 1.80. The van der Waals surface area contributed by atoms with E-state index in [1.807, 2.05) is 17.6 Å². The number of benzene rings is 1. The van der Waals surface area contributed by atoms with E-state index in [4.69, 9.17) is 11.6 Å². The van der Waals surface area contributed by atoms with Crippen LogP contribution in [-0.2, 0) is 11.3 Å². The zero-order chi connectivity index (χ0) is 17.7. The summed E-state index contributed by atoms with van der Waals surface area (Å²) in [6, 6.07) is 5.42. The number of allylic oxidation sites excluding steroid dienone is 1. The molecule has 7 heteroatoms. The van der Waals surface area contributed by atoms with Crippen molar-refractivity contribution in [2.45, 2.75) is 38.4 Å². The predicted octanol–water partition coefficient (Wildman–Crippen LogP) is 4.28. The molecule has 0 saturated carbocycles. The summed E-state index contributed by atoms with van der Waals surface area (Å²) in [7, 11) is 0. The molecule has 0 atom stereocenters. The molecular formula is C17H21ClN4OS. The lowest BCUT2D eigenvalue weighted by atomic mass is 10.2. The highest BCUT2D eigenvalue weighted by molar-refractivity contribution is 7.99. The minimum Gasteiger partial charge on any atom is -0.325 e. The Morgan fingerprint density at radius 1 is 1.46 bits per heavy atom. The number of amides is 1. The number of carbonyl (C=O) groups excluding carboxylic acids is 1. The average molecular weight is 365 g/mol. The lowest BCUT2D eigenvalue weighted by Gasteiger charge is -2.10. The third-order valence-corrected chi connectivity index (χ3v) is 4.58. The number of nitrogens with zero attached hydrogens (tertiary/aromatic N) is 3. The predicted molar refractivity (Wildman–Crippen MR) is 99.9 cm³/mol. The molecule has 0 saturated heterocycles. The van der Waals surface area contributed by atoms with Crippen LogP contribution in [-0.4, -0.2) is 26.4 Å². The molecular weight excluding hydrogens is 344 g/mol. The van der Waals surface area contributed by atoms with Crippen LogP contribution in [0.4, 0.5) is 5.69 Å². The first-order chi connectivity index (χ1) is 11.4. The number of nitrogens with one attached hydrogen (secondary N) is 1. The van der Waals surface area contributed by atoms with Crippen LogP contribution < -0.4 is 5.32 Å². The Kier molecular flexibility index (Phi) is 6.45. The van der Waals surface area contributed by atoms with Crippen molar-refractivity contribution in [2.75, 3.05) is 11.1 Å². The number of thioether (sulfide) groups is 1. The first-order valence-electron chi connectivity index (χ1n) is 7.65. The van der Waals surface area contributed by atoms with Gasteiger partial charge in [-0.1, -0.05) is 49.4 Å². The van der Waals surface area contributed by atoms with Gasteiger partial charge in [0.25, 0.3) is 0 Å². The van der Waals surface area contributed by atoms with Gasteiger partial charge >= 0.3 is 0 Å². The van der Waals surface area contributed by atoms with E-state index in [-0.39, 0.29) is 17.6 Å². The van der Waals surface area contributed by atoms with Crippen LogP contribution in [0.15, 0.2) is 36.0 Å². The molecule has 1 N–H and O–H groups in total. The molecule has 0 spiro atoms. The zero-order valence-electron chi connectivity index (χ0n) is 14.0. The summed E-state index contributed by atoms with van der Waals surface area (Å²) in [5, 5.41) is 12.6. The minimum absolute atomic E-state index is 0.107. The second-order valence-electron chi connectivity index (χ2n) is 5.69.